The maximum absolute atomic E-state index is 12.4. The van der Waals surface area contributed by atoms with Crippen LogP contribution in [0, 0.1) is 0 Å². The number of allylic oxidation sites excluding steroid dienone is 5. The zero-order chi connectivity index (χ0) is 51.4. The topological polar surface area (TPSA) is 95.9 Å². The van der Waals surface area contributed by atoms with E-state index in [0.717, 1.165) is 51.4 Å². The first-order valence-electron chi connectivity index (χ1n) is 31.8. The van der Waals surface area contributed by atoms with Crippen LogP contribution in [0.2, 0.25) is 0 Å². The Morgan fingerprint density at radius 3 is 1.10 bits per heavy atom. The number of carbonyl (C=O) groups excluding carboxylic acids is 2. The standard InChI is InChI=1S/C65H123NO5/c1-3-5-7-9-11-13-14-15-16-29-33-36-39-43-47-51-55-59-65(70)71-60-56-52-48-44-40-37-34-31-28-26-24-22-20-18-17-19-21-23-25-27-30-32-35-38-42-46-50-54-58-64(69)66-62(61-67)63(68)57-53-49-45-41-12-10-8-6-4-2/h11,13,15-16,53,57,62-63,67-68H,3-10,12,14,17-52,54-56,58-61H2,1-2H3,(H,66,69)/b13-11-,16-15-,57-53+. The SMILES string of the molecule is CCCCC/C=C\C/C=C\CCCCCCCCCC(=O)OCCCCCCCCCCCCCCCCCCCCCCCCCCCCCCC(=O)NC(CO)C(O)/C=C/CCCCCCCCC. The quantitative estimate of drug-likeness (QED) is 0.0321. The van der Waals surface area contributed by atoms with Crippen molar-refractivity contribution in [3.63, 3.8) is 0 Å². The zero-order valence-corrected chi connectivity index (χ0v) is 47.7. The molecule has 0 aromatic heterocycles. The normalized spacial score (nSPS) is 12.8. The smallest absolute Gasteiger partial charge is 0.305 e. The van der Waals surface area contributed by atoms with Gasteiger partial charge in [-0.05, 0) is 64.2 Å². The van der Waals surface area contributed by atoms with Gasteiger partial charge in [0.05, 0.1) is 25.4 Å². The first kappa shape index (κ1) is 69.1. The van der Waals surface area contributed by atoms with E-state index in [0.29, 0.717) is 19.4 Å². The molecule has 0 aliphatic rings. The Morgan fingerprint density at radius 1 is 0.394 bits per heavy atom. The number of nitrogens with one attached hydrogen (secondary N) is 1. The molecule has 0 aromatic carbocycles. The monoisotopic (exact) mass is 998 g/mol. The van der Waals surface area contributed by atoms with Crippen LogP contribution in [0.4, 0.5) is 0 Å². The number of ether oxygens (including phenoxy) is 1. The number of esters is 1. The molecule has 71 heavy (non-hydrogen) atoms. The number of amides is 1. The molecule has 0 saturated carbocycles. The third-order valence-corrected chi connectivity index (χ3v) is 14.7. The van der Waals surface area contributed by atoms with Gasteiger partial charge in [-0.15, -0.1) is 0 Å². The summed E-state index contributed by atoms with van der Waals surface area (Å²) in [5.74, 6) is -0.0564. The van der Waals surface area contributed by atoms with E-state index >= 15 is 0 Å². The zero-order valence-electron chi connectivity index (χ0n) is 47.7. The van der Waals surface area contributed by atoms with E-state index in [1.54, 1.807) is 6.08 Å². The summed E-state index contributed by atoms with van der Waals surface area (Å²) in [7, 11) is 0. The molecule has 2 atom stereocenters. The van der Waals surface area contributed by atoms with E-state index in [1.807, 2.05) is 6.08 Å². The first-order valence-corrected chi connectivity index (χ1v) is 31.8. The molecule has 0 aliphatic carbocycles. The van der Waals surface area contributed by atoms with E-state index in [-0.39, 0.29) is 18.5 Å². The summed E-state index contributed by atoms with van der Waals surface area (Å²) in [6.07, 6.45) is 76.4. The Balaban J connectivity index is 3.32. The highest BCUT2D eigenvalue weighted by molar-refractivity contribution is 5.76. The van der Waals surface area contributed by atoms with E-state index in [4.69, 9.17) is 4.74 Å². The minimum atomic E-state index is -0.840. The van der Waals surface area contributed by atoms with Crippen molar-refractivity contribution in [1.29, 1.82) is 0 Å². The lowest BCUT2D eigenvalue weighted by atomic mass is 10.0. The summed E-state index contributed by atoms with van der Waals surface area (Å²) < 4.78 is 5.49. The number of aliphatic hydroxyl groups excluding tert-OH is 2. The van der Waals surface area contributed by atoms with Crippen molar-refractivity contribution in [1.82, 2.24) is 5.32 Å². The van der Waals surface area contributed by atoms with E-state index in [2.05, 4.69) is 43.5 Å². The van der Waals surface area contributed by atoms with Gasteiger partial charge in [0, 0.05) is 12.8 Å². The molecule has 418 valence electrons. The van der Waals surface area contributed by atoms with Gasteiger partial charge in [-0.1, -0.05) is 301 Å². The summed E-state index contributed by atoms with van der Waals surface area (Å²) in [5.41, 5.74) is 0. The highest BCUT2D eigenvalue weighted by Crippen LogP contribution is 2.18. The van der Waals surface area contributed by atoms with E-state index in [1.165, 1.54) is 263 Å². The lowest BCUT2D eigenvalue weighted by Crippen LogP contribution is -2.45. The predicted molar refractivity (Wildman–Crippen MR) is 310 cm³/mol. The van der Waals surface area contributed by atoms with Gasteiger partial charge >= 0.3 is 5.97 Å². The van der Waals surface area contributed by atoms with Crippen molar-refractivity contribution in [2.75, 3.05) is 13.2 Å². The Kier molecular flexibility index (Phi) is 59.0. The molecular weight excluding hydrogens is 875 g/mol. The third kappa shape index (κ3) is 57.2. The summed E-state index contributed by atoms with van der Waals surface area (Å²) >= 11 is 0. The average Bonchev–Trinajstić information content (AvgIpc) is 3.37. The van der Waals surface area contributed by atoms with Gasteiger partial charge < -0.3 is 20.3 Å². The molecule has 6 heteroatoms. The molecule has 0 rings (SSSR count). The molecule has 0 aliphatic heterocycles. The summed E-state index contributed by atoms with van der Waals surface area (Å²) in [5, 5.41) is 23.0. The second-order valence-electron chi connectivity index (χ2n) is 21.7. The van der Waals surface area contributed by atoms with Crippen molar-refractivity contribution in [2.24, 2.45) is 0 Å². The van der Waals surface area contributed by atoms with Gasteiger partial charge in [0.25, 0.3) is 0 Å². The van der Waals surface area contributed by atoms with Crippen LogP contribution >= 0.6 is 0 Å². The van der Waals surface area contributed by atoms with Crippen molar-refractivity contribution in [2.45, 2.75) is 353 Å². The average molecular weight is 999 g/mol. The van der Waals surface area contributed by atoms with Crippen molar-refractivity contribution < 1.29 is 24.5 Å². The van der Waals surface area contributed by atoms with Crippen molar-refractivity contribution >= 4 is 11.9 Å². The van der Waals surface area contributed by atoms with Gasteiger partial charge in [0.15, 0.2) is 0 Å². The molecular formula is C65H123NO5. The maximum Gasteiger partial charge on any atom is 0.305 e. The maximum atomic E-state index is 12.4. The number of rotatable bonds is 59. The third-order valence-electron chi connectivity index (χ3n) is 14.7. The van der Waals surface area contributed by atoms with E-state index < -0.39 is 12.1 Å². The molecule has 3 N–H and O–H groups in total. The highest BCUT2D eigenvalue weighted by atomic mass is 16.5. The second kappa shape index (κ2) is 60.6. The van der Waals surface area contributed by atoms with Crippen molar-refractivity contribution in [3.8, 4) is 0 Å². The summed E-state index contributed by atoms with van der Waals surface area (Å²) in [4.78, 5) is 24.5. The number of carbonyl (C=O) groups is 2. The van der Waals surface area contributed by atoms with Crippen LogP contribution < -0.4 is 5.32 Å². The molecule has 0 fully saturated rings. The van der Waals surface area contributed by atoms with Crippen LogP contribution in [0.5, 0.6) is 0 Å². The van der Waals surface area contributed by atoms with Crippen molar-refractivity contribution in [3.05, 3.63) is 36.5 Å². The molecule has 0 bridgehead atoms. The molecule has 0 saturated heterocycles. The fraction of sp³-hybridized carbons (Fsp3) is 0.877. The predicted octanol–water partition coefficient (Wildman–Crippen LogP) is 20.0. The second-order valence-corrected chi connectivity index (χ2v) is 21.7. The van der Waals surface area contributed by atoms with Gasteiger partial charge in [0.2, 0.25) is 5.91 Å². The molecule has 6 nitrogen and oxygen atoms in total. The van der Waals surface area contributed by atoms with Crippen LogP contribution in [-0.2, 0) is 14.3 Å². The molecule has 0 aromatic rings. The minimum Gasteiger partial charge on any atom is -0.466 e. The highest BCUT2D eigenvalue weighted by Gasteiger charge is 2.18. The van der Waals surface area contributed by atoms with Crippen LogP contribution in [0.3, 0.4) is 0 Å². The van der Waals surface area contributed by atoms with Crippen LogP contribution in [-0.4, -0.2) is 47.4 Å². The molecule has 0 heterocycles. The van der Waals surface area contributed by atoms with Crippen LogP contribution in [0.15, 0.2) is 36.5 Å². The molecule has 0 radical (unpaired) electrons. The van der Waals surface area contributed by atoms with Gasteiger partial charge in [-0.25, -0.2) is 0 Å². The summed E-state index contributed by atoms with van der Waals surface area (Å²) in [6.45, 7) is 4.86. The number of hydrogen-bond donors (Lipinski definition) is 3. The Bertz CT molecular complexity index is 1150. The van der Waals surface area contributed by atoms with Gasteiger partial charge in [0.1, 0.15) is 0 Å². The first-order chi connectivity index (χ1) is 35.0. The Morgan fingerprint density at radius 2 is 0.704 bits per heavy atom. The lowest BCUT2D eigenvalue weighted by molar-refractivity contribution is -0.143. The van der Waals surface area contributed by atoms with Crippen LogP contribution in [0.1, 0.15) is 341 Å². The van der Waals surface area contributed by atoms with Gasteiger partial charge in [-0.2, -0.15) is 0 Å². The number of unbranched alkanes of at least 4 members (excludes halogenated alkanes) is 44. The summed E-state index contributed by atoms with van der Waals surface area (Å²) in [6, 6.07) is -0.623. The molecule has 1 amide bonds. The molecule has 0 spiro atoms. The number of aliphatic hydroxyl groups is 2. The van der Waals surface area contributed by atoms with E-state index in [9.17, 15) is 19.8 Å². The van der Waals surface area contributed by atoms with Gasteiger partial charge in [-0.3, -0.25) is 9.59 Å². The fourth-order valence-corrected chi connectivity index (χ4v) is 9.78. The number of hydrogen-bond acceptors (Lipinski definition) is 5. The Hall–Kier alpha value is -1.92. The fourth-order valence-electron chi connectivity index (χ4n) is 9.78. The lowest BCUT2D eigenvalue weighted by Gasteiger charge is -2.20. The van der Waals surface area contributed by atoms with Crippen LogP contribution in [0.25, 0.3) is 0 Å². The molecule has 2 unspecified atom stereocenters. The Labute approximate surface area is 443 Å². The largest absolute Gasteiger partial charge is 0.466 e. The minimum absolute atomic E-state index is 0.0105.